The number of aromatic hydroxyl groups is 1. The molecule has 2 N–H and O–H groups in total. The summed E-state index contributed by atoms with van der Waals surface area (Å²) in [6.45, 7) is 3.90. The number of hydrogen-bond donors (Lipinski definition) is 2. The number of para-hydroxylation sites is 3. The largest absolute Gasteiger partial charge is 0.493 e. The summed E-state index contributed by atoms with van der Waals surface area (Å²) in [7, 11) is 0. The number of azo groups is 1. The molecule has 8 nitrogen and oxygen atoms in total. The third kappa shape index (κ3) is 3.63. The zero-order valence-corrected chi connectivity index (χ0v) is 15.5. The van der Waals surface area contributed by atoms with Crippen molar-refractivity contribution in [2.75, 3.05) is 5.32 Å². The maximum absolute atomic E-state index is 11.1. The van der Waals surface area contributed by atoms with E-state index in [2.05, 4.69) is 15.5 Å². The van der Waals surface area contributed by atoms with Gasteiger partial charge in [0.15, 0.2) is 5.69 Å². The average molecular weight is 383 g/mol. The highest BCUT2D eigenvalue weighted by atomic mass is 32.1. The summed E-state index contributed by atoms with van der Waals surface area (Å²) in [6, 6.07) is 13.6. The molecule has 0 unspecified atom stereocenters. The number of aromatic nitrogens is 1. The minimum absolute atomic E-state index is 0.0107. The fourth-order valence-corrected chi connectivity index (χ4v) is 2.98. The van der Waals surface area contributed by atoms with Gasteiger partial charge in [-0.15, -0.1) is 10.2 Å². The van der Waals surface area contributed by atoms with Crippen molar-refractivity contribution in [2.45, 2.75) is 19.9 Å². The van der Waals surface area contributed by atoms with Gasteiger partial charge in [-0.3, -0.25) is 10.1 Å². The Bertz CT molecular complexity index is 1060. The predicted molar refractivity (Wildman–Crippen MR) is 108 cm³/mol. The molecule has 0 amide bonds. The average Bonchev–Trinajstić information content (AvgIpc) is 2.91. The summed E-state index contributed by atoms with van der Waals surface area (Å²) in [6.07, 6.45) is 0. The normalized spacial score (nSPS) is 11.4. The molecule has 1 aromatic heterocycles. The number of nitro benzene ring substituents is 1. The second-order valence-corrected chi connectivity index (χ2v) is 6.44. The van der Waals surface area contributed by atoms with Crippen LogP contribution in [-0.4, -0.2) is 19.7 Å². The SMILES string of the molecule is CC(C)n1c(O)c(N=NC(=S)Nc2ccccc2[N+](=O)[O-])c2ccccc21. The highest BCUT2D eigenvalue weighted by molar-refractivity contribution is 7.80. The number of anilines is 1. The van der Waals surface area contributed by atoms with Gasteiger partial charge in [0.1, 0.15) is 5.69 Å². The number of thiocarbonyl (C=S) groups is 1. The van der Waals surface area contributed by atoms with Crippen LogP contribution in [0, 0.1) is 10.1 Å². The second kappa shape index (κ2) is 7.50. The smallest absolute Gasteiger partial charge is 0.292 e. The Balaban J connectivity index is 1.92. The lowest BCUT2D eigenvalue weighted by atomic mass is 10.2. The predicted octanol–water partition coefficient (Wildman–Crippen LogP) is 5.32. The van der Waals surface area contributed by atoms with Crippen LogP contribution < -0.4 is 5.32 Å². The van der Waals surface area contributed by atoms with Gasteiger partial charge in [-0.25, -0.2) is 0 Å². The van der Waals surface area contributed by atoms with Gasteiger partial charge in [-0.2, -0.15) is 0 Å². The number of nitro groups is 1. The Hall–Kier alpha value is -3.33. The van der Waals surface area contributed by atoms with Gasteiger partial charge in [0.05, 0.1) is 10.4 Å². The lowest BCUT2D eigenvalue weighted by Crippen LogP contribution is -2.07. The monoisotopic (exact) mass is 383 g/mol. The van der Waals surface area contributed by atoms with Crippen LogP contribution in [0.15, 0.2) is 58.8 Å². The number of hydrogen-bond acceptors (Lipinski definition) is 5. The second-order valence-electron chi connectivity index (χ2n) is 6.06. The van der Waals surface area contributed by atoms with Crippen molar-refractivity contribution in [1.82, 2.24) is 4.57 Å². The maximum atomic E-state index is 11.1. The Labute approximate surface area is 160 Å². The summed E-state index contributed by atoms with van der Waals surface area (Å²) in [5, 5.41) is 33.0. The number of nitrogens with zero attached hydrogens (tertiary/aromatic N) is 4. The summed E-state index contributed by atoms with van der Waals surface area (Å²) >= 11 is 5.12. The molecule has 0 fully saturated rings. The van der Waals surface area contributed by atoms with E-state index in [1.54, 1.807) is 16.7 Å². The molecule has 1 heterocycles. The molecular formula is C18H17N5O3S. The highest BCUT2D eigenvalue weighted by Gasteiger charge is 2.18. The molecule has 0 atom stereocenters. The van der Waals surface area contributed by atoms with Crippen LogP contribution in [0.1, 0.15) is 19.9 Å². The van der Waals surface area contributed by atoms with Crippen LogP contribution in [0.3, 0.4) is 0 Å². The van der Waals surface area contributed by atoms with E-state index < -0.39 is 4.92 Å². The van der Waals surface area contributed by atoms with Crippen molar-refractivity contribution in [3.8, 4) is 5.88 Å². The molecule has 0 aliphatic rings. The lowest BCUT2D eigenvalue weighted by Gasteiger charge is -2.10. The summed E-state index contributed by atoms with van der Waals surface area (Å²) in [4.78, 5) is 10.6. The van der Waals surface area contributed by atoms with E-state index >= 15 is 0 Å². The maximum Gasteiger partial charge on any atom is 0.292 e. The van der Waals surface area contributed by atoms with Gasteiger partial charge in [0.2, 0.25) is 11.0 Å². The molecule has 0 spiro atoms. The molecule has 27 heavy (non-hydrogen) atoms. The molecule has 3 aromatic rings. The van der Waals surface area contributed by atoms with Gasteiger partial charge in [0, 0.05) is 17.5 Å². The third-order valence-electron chi connectivity index (χ3n) is 3.96. The lowest BCUT2D eigenvalue weighted by molar-refractivity contribution is -0.383. The van der Waals surface area contributed by atoms with E-state index in [0.29, 0.717) is 5.69 Å². The van der Waals surface area contributed by atoms with Crippen molar-refractivity contribution in [3.63, 3.8) is 0 Å². The van der Waals surface area contributed by atoms with Crippen LogP contribution in [0.5, 0.6) is 5.88 Å². The third-order valence-corrected chi connectivity index (χ3v) is 4.14. The van der Waals surface area contributed by atoms with E-state index in [0.717, 1.165) is 10.9 Å². The van der Waals surface area contributed by atoms with E-state index in [9.17, 15) is 15.2 Å². The van der Waals surface area contributed by atoms with E-state index in [-0.39, 0.29) is 28.4 Å². The fraction of sp³-hybridized carbons (Fsp3) is 0.167. The zero-order valence-electron chi connectivity index (χ0n) is 14.7. The Morgan fingerprint density at radius 1 is 1.22 bits per heavy atom. The molecular weight excluding hydrogens is 366 g/mol. The molecule has 0 aliphatic carbocycles. The van der Waals surface area contributed by atoms with Gasteiger partial charge in [0.25, 0.3) is 5.69 Å². The van der Waals surface area contributed by atoms with Gasteiger partial charge in [-0.05, 0) is 38.2 Å². The van der Waals surface area contributed by atoms with Gasteiger partial charge in [-0.1, -0.05) is 30.3 Å². The van der Waals surface area contributed by atoms with Crippen molar-refractivity contribution in [3.05, 3.63) is 58.6 Å². The highest BCUT2D eigenvalue weighted by Crippen LogP contribution is 2.40. The molecule has 3 rings (SSSR count). The first-order valence-corrected chi connectivity index (χ1v) is 8.59. The Morgan fingerprint density at radius 3 is 2.59 bits per heavy atom. The van der Waals surface area contributed by atoms with Gasteiger partial charge >= 0.3 is 0 Å². The number of nitrogens with one attached hydrogen (secondary N) is 1. The van der Waals surface area contributed by atoms with E-state index in [1.165, 1.54) is 12.1 Å². The van der Waals surface area contributed by atoms with Crippen LogP contribution in [0.4, 0.5) is 17.1 Å². The van der Waals surface area contributed by atoms with E-state index in [1.807, 2.05) is 38.1 Å². The zero-order chi connectivity index (χ0) is 19.6. The first kappa shape index (κ1) is 18.5. The number of fused-ring (bicyclic) bond motifs is 1. The molecule has 138 valence electrons. The van der Waals surface area contributed by atoms with E-state index in [4.69, 9.17) is 12.2 Å². The molecule has 2 aromatic carbocycles. The molecule has 0 bridgehead atoms. The van der Waals surface area contributed by atoms with Crippen molar-refractivity contribution < 1.29 is 10.0 Å². The van der Waals surface area contributed by atoms with Crippen molar-refractivity contribution >= 4 is 45.3 Å². The molecule has 0 saturated carbocycles. The molecule has 0 aliphatic heterocycles. The van der Waals surface area contributed by atoms with Crippen LogP contribution in [0.2, 0.25) is 0 Å². The number of rotatable bonds is 4. The van der Waals surface area contributed by atoms with Crippen molar-refractivity contribution in [2.24, 2.45) is 10.2 Å². The minimum Gasteiger partial charge on any atom is -0.493 e. The topological polar surface area (TPSA) is 105 Å². The molecule has 9 heteroatoms. The Morgan fingerprint density at radius 2 is 1.89 bits per heavy atom. The minimum atomic E-state index is -0.510. The summed E-state index contributed by atoms with van der Waals surface area (Å²) < 4.78 is 1.75. The van der Waals surface area contributed by atoms with Crippen molar-refractivity contribution in [1.29, 1.82) is 0 Å². The van der Waals surface area contributed by atoms with Crippen LogP contribution in [0.25, 0.3) is 10.9 Å². The van der Waals surface area contributed by atoms with Crippen LogP contribution >= 0.6 is 12.2 Å². The Kier molecular flexibility index (Phi) is 5.13. The summed E-state index contributed by atoms with van der Waals surface area (Å²) in [5.74, 6) is -0.0107. The molecule has 0 saturated heterocycles. The van der Waals surface area contributed by atoms with Crippen LogP contribution in [-0.2, 0) is 0 Å². The van der Waals surface area contributed by atoms with Gasteiger partial charge < -0.3 is 15.0 Å². The number of benzene rings is 2. The fourth-order valence-electron chi connectivity index (χ4n) is 2.83. The molecule has 0 radical (unpaired) electrons. The first-order chi connectivity index (χ1) is 12.9. The quantitative estimate of drug-likeness (QED) is 0.275. The first-order valence-electron chi connectivity index (χ1n) is 8.18. The standard InChI is InChI=1S/C18H17N5O3S/c1-11(2)22-14-9-5-3-7-12(14)16(17(22)24)20-21-18(27)19-13-8-4-6-10-15(13)23(25)26/h3-11,24H,1-2H3,(H,19,27). The summed E-state index contributed by atoms with van der Waals surface area (Å²) in [5.41, 5.74) is 1.23.